The van der Waals surface area contributed by atoms with Gasteiger partial charge in [-0.3, -0.25) is 9.78 Å². The van der Waals surface area contributed by atoms with Gasteiger partial charge in [-0.05, 0) is 94.9 Å². The second-order valence-corrected chi connectivity index (χ2v) is 11.5. The molecule has 36 heavy (non-hydrogen) atoms. The standard InChI is InChI=1S/C28H32N6O2/c1-28(2,3)36-27(35)20-9-11-33(23(13-20)19-6-7-19)26-25-21(18-4-5-18)14-24(34(25)32-16-31-26)22-12-17(15-29)8-10-30-22/h8,10,12,14,16,18-20,23H,4-7,9,11,13H2,1-3H3/t20-,23+/m0/s1. The summed E-state index contributed by atoms with van der Waals surface area (Å²) in [5.41, 5.74) is 4.03. The highest BCUT2D eigenvalue weighted by Gasteiger charge is 2.44. The number of rotatable bonds is 5. The fourth-order valence-corrected chi connectivity index (χ4v) is 5.58. The van der Waals surface area contributed by atoms with E-state index in [1.54, 1.807) is 18.6 Å². The minimum Gasteiger partial charge on any atom is -0.460 e. The Morgan fingerprint density at radius 2 is 1.94 bits per heavy atom. The van der Waals surface area contributed by atoms with Crippen LogP contribution in [-0.4, -0.2) is 43.7 Å². The average molecular weight is 485 g/mol. The number of nitriles is 1. The van der Waals surface area contributed by atoms with Crippen LogP contribution in [0.5, 0.6) is 0 Å². The first-order valence-electron chi connectivity index (χ1n) is 13.0. The summed E-state index contributed by atoms with van der Waals surface area (Å²) in [7, 11) is 0. The van der Waals surface area contributed by atoms with Crippen molar-refractivity contribution < 1.29 is 9.53 Å². The second kappa shape index (κ2) is 8.58. The minimum absolute atomic E-state index is 0.0762. The zero-order valence-corrected chi connectivity index (χ0v) is 21.1. The van der Waals surface area contributed by atoms with Crippen molar-refractivity contribution in [2.75, 3.05) is 11.4 Å². The van der Waals surface area contributed by atoms with E-state index in [9.17, 15) is 10.1 Å². The maximum absolute atomic E-state index is 12.9. The van der Waals surface area contributed by atoms with Crippen LogP contribution in [0.25, 0.3) is 16.9 Å². The quantitative estimate of drug-likeness (QED) is 0.476. The predicted molar refractivity (Wildman–Crippen MR) is 135 cm³/mol. The van der Waals surface area contributed by atoms with Gasteiger partial charge in [-0.25, -0.2) is 9.50 Å². The van der Waals surface area contributed by atoms with Gasteiger partial charge in [-0.1, -0.05) is 0 Å². The highest BCUT2D eigenvalue weighted by atomic mass is 16.6. The van der Waals surface area contributed by atoms with Crippen molar-refractivity contribution in [2.24, 2.45) is 11.8 Å². The zero-order valence-electron chi connectivity index (χ0n) is 21.1. The van der Waals surface area contributed by atoms with E-state index in [2.05, 4.69) is 27.1 Å². The minimum atomic E-state index is -0.472. The van der Waals surface area contributed by atoms with Gasteiger partial charge in [-0.2, -0.15) is 10.4 Å². The van der Waals surface area contributed by atoms with E-state index >= 15 is 0 Å². The van der Waals surface area contributed by atoms with Crippen molar-refractivity contribution in [3.63, 3.8) is 0 Å². The maximum Gasteiger partial charge on any atom is 0.309 e. The molecule has 6 rings (SSSR count). The molecule has 1 aliphatic heterocycles. The first kappa shape index (κ1) is 23.0. The molecule has 0 bridgehead atoms. The van der Waals surface area contributed by atoms with Gasteiger partial charge in [0.1, 0.15) is 17.4 Å². The third kappa shape index (κ3) is 4.32. The van der Waals surface area contributed by atoms with E-state index in [0.717, 1.165) is 55.0 Å². The third-order valence-electron chi connectivity index (χ3n) is 7.56. The van der Waals surface area contributed by atoms with Crippen molar-refractivity contribution in [2.45, 2.75) is 76.9 Å². The summed E-state index contributed by atoms with van der Waals surface area (Å²) in [6.45, 7) is 6.56. The van der Waals surface area contributed by atoms with Crippen LogP contribution in [0.15, 0.2) is 30.7 Å². The Hall–Kier alpha value is -3.47. The van der Waals surface area contributed by atoms with Gasteiger partial charge in [-0.15, -0.1) is 0 Å². The number of carbonyl (C=O) groups excluding carboxylic acids is 1. The second-order valence-electron chi connectivity index (χ2n) is 11.5. The molecule has 2 atom stereocenters. The van der Waals surface area contributed by atoms with Crippen LogP contribution < -0.4 is 4.90 Å². The molecular formula is C28H32N6O2. The van der Waals surface area contributed by atoms with Gasteiger partial charge >= 0.3 is 5.97 Å². The van der Waals surface area contributed by atoms with Gasteiger partial charge in [0.05, 0.1) is 28.9 Å². The Bertz CT molecular complexity index is 1360. The normalized spacial score (nSPS) is 22.4. The number of piperidine rings is 1. The van der Waals surface area contributed by atoms with Crippen LogP contribution in [0, 0.1) is 23.2 Å². The Morgan fingerprint density at radius 1 is 1.14 bits per heavy atom. The summed E-state index contributed by atoms with van der Waals surface area (Å²) < 4.78 is 7.71. The van der Waals surface area contributed by atoms with E-state index in [-0.39, 0.29) is 17.9 Å². The fraction of sp³-hybridized carbons (Fsp3) is 0.536. The first-order valence-corrected chi connectivity index (χ1v) is 13.0. The number of nitrogens with zero attached hydrogens (tertiary/aromatic N) is 6. The van der Waals surface area contributed by atoms with Crippen molar-refractivity contribution >= 4 is 17.3 Å². The van der Waals surface area contributed by atoms with Crippen molar-refractivity contribution in [1.29, 1.82) is 5.26 Å². The number of aromatic nitrogens is 4. The van der Waals surface area contributed by atoms with Crippen LogP contribution in [0.3, 0.4) is 0 Å². The summed E-state index contributed by atoms with van der Waals surface area (Å²) in [5, 5.41) is 14.1. The summed E-state index contributed by atoms with van der Waals surface area (Å²) in [4.78, 5) is 24.8. The van der Waals surface area contributed by atoms with E-state index in [0.29, 0.717) is 17.4 Å². The summed E-state index contributed by atoms with van der Waals surface area (Å²) >= 11 is 0. The molecule has 3 aliphatic rings. The fourth-order valence-electron chi connectivity index (χ4n) is 5.58. The Kier molecular flexibility index (Phi) is 5.47. The number of hydrogen-bond donors (Lipinski definition) is 0. The van der Waals surface area contributed by atoms with E-state index in [1.807, 2.05) is 31.4 Å². The lowest BCUT2D eigenvalue weighted by Gasteiger charge is -2.40. The Labute approximate surface area is 211 Å². The topological polar surface area (TPSA) is 96.4 Å². The van der Waals surface area contributed by atoms with Gasteiger partial charge in [0.15, 0.2) is 5.82 Å². The number of carbonyl (C=O) groups is 1. The molecule has 3 aromatic rings. The summed E-state index contributed by atoms with van der Waals surface area (Å²) in [5.74, 6) is 1.88. The zero-order chi connectivity index (χ0) is 25.0. The highest BCUT2D eigenvalue weighted by molar-refractivity contribution is 5.81. The monoisotopic (exact) mass is 484 g/mol. The molecule has 0 unspecified atom stereocenters. The largest absolute Gasteiger partial charge is 0.460 e. The molecule has 2 aliphatic carbocycles. The average Bonchev–Trinajstić information content (AvgIpc) is 3.79. The Morgan fingerprint density at radius 3 is 2.64 bits per heavy atom. The molecule has 0 aromatic carbocycles. The smallest absolute Gasteiger partial charge is 0.309 e. The number of fused-ring (bicyclic) bond motifs is 1. The van der Waals surface area contributed by atoms with Gasteiger partial charge in [0.2, 0.25) is 0 Å². The molecule has 2 saturated carbocycles. The van der Waals surface area contributed by atoms with Crippen molar-refractivity contribution in [3.05, 3.63) is 41.9 Å². The molecular weight excluding hydrogens is 452 g/mol. The van der Waals surface area contributed by atoms with Crippen molar-refractivity contribution in [3.8, 4) is 17.5 Å². The third-order valence-corrected chi connectivity index (χ3v) is 7.56. The van der Waals surface area contributed by atoms with Crippen LogP contribution in [0.4, 0.5) is 5.82 Å². The van der Waals surface area contributed by atoms with Crippen LogP contribution in [0.1, 0.15) is 76.3 Å². The molecule has 8 nitrogen and oxygen atoms in total. The molecule has 0 N–H and O–H groups in total. The molecule has 8 heteroatoms. The molecule has 1 saturated heterocycles. The number of esters is 1. The van der Waals surface area contributed by atoms with Gasteiger partial charge in [0.25, 0.3) is 0 Å². The number of ether oxygens (including phenoxy) is 1. The molecule has 186 valence electrons. The lowest BCUT2D eigenvalue weighted by Crippen LogP contribution is -2.47. The number of hydrogen-bond acceptors (Lipinski definition) is 7. The van der Waals surface area contributed by atoms with Crippen LogP contribution in [0.2, 0.25) is 0 Å². The Balaban J connectivity index is 1.39. The highest BCUT2D eigenvalue weighted by Crippen LogP contribution is 2.48. The summed E-state index contributed by atoms with van der Waals surface area (Å²) in [6, 6.07) is 8.21. The van der Waals surface area contributed by atoms with Crippen molar-refractivity contribution in [1.82, 2.24) is 19.6 Å². The molecule has 0 amide bonds. The SMILES string of the molecule is CC(C)(C)OC(=O)[C@H]1CCN(c2ncnn3c(-c4cc(C#N)ccn4)cc(C4CC4)c23)[C@@H](C2CC2)C1. The predicted octanol–water partition coefficient (Wildman–Crippen LogP) is 4.88. The van der Waals surface area contributed by atoms with E-state index in [1.165, 1.54) is 18.4 Å². The van der Waals surface area contributed by atoms with E-state index < -0.39 is 5.60 Å². The molecule has 4 heterocycles. The molecule has 3 aromatic heterocycles. The van der Waals surface area contributed by atoms with Crippen LogP contribution >= 0.6 is 0 Å². The van der Waals surface area contributed by atoms with Crippen LogP contribution in [-0.2, 0) is 9.53 Å². The molecule has 0 radical (unpaired) electrons. The lowest BCUT2D eigenvalue weighted by atomic mass is 9.88. The maximum atomic E-state index is 12.9. The van der Waals surface area contributed by atoms with Gasteiger partial charge in [0, 0.05) is 18.8 Å². The molecule has 3 fully saturated rings. The lowest BCUT2D eigenvalue weighted by molar-refractivity contribution is -0.161. The molecule has 0 spiro atoms. The number of pyridine rings is 1. The first-order chi connectivity index (χ1) is 17.3. The summed E-state index contributed by atoms with van der Waals surface area (Å²) in [6.07, 6.45) is 9.56. The van der Waals surface area contributed by atoms with E-state index in [4.69, 9.17) is 9.72 Å². The van der Waals surface area contributed by atoms with Gasteiger partial charge < -0.3 is 9.64 Å². The number of anilines is 1.